The quantitative estimate of drug-likeness (QED) is 0.251. The monoisotopic (exact) mass is 582 g/mol. The van der Waals surface area contributed by atoms with E-state index in [2.05, 4.69) is 25.3 Å². The number of carbonyl (C=O) groups is 1. The van der Waals surface area contributed by atoms with Gasteiger partial charge in [0.05, 0.1) is 17.2 Å². The van der Waals surface area contributed by atoms with E-state index in [0.29, 0.717) is 44.8 Å². The molecule has 1 amide bonds. The van der Waals surface area contributed by atoms with Crippen LogP contribution in [0.3, 0.4) is 0 Å². The van der Waals surface area contributed by atoms with Crippen LogP contribution in [0.1, 0.15) is 34.3 Å². The van der Waals surface area contributed by atoms with E-state index >= 15 is 0 Å². The highest BCUT2D eigenvalue weighted by Gasteiger charge is 2.41. The maximum Gasteiger partial charge on any atom is 0.264 e. The SMILES string of the molecule is COCCNC(O)N1CCC2(CC1)NC(=O)c1cccc(c1)S(=O)(=O)Nc1nc(cc(-c3c(C)cccc3C)n1)O2. The standard InChI is InChI=1S/C28H34N6O6S/c1-18-6-4-7-19(2)24(18)22-17-23-31-26(30-22)33-41(37,38)21-9-5-8-20(16-21)25(35)32-28(40-23)10-13-34(14-11-28)27(36)29-12-15-39-3/h4-9,16-17,27,29,36H,10-15H2,1-3H3,(H,32,35)(H,30,31,33). The number of aliphatic hydroxyl groups excluding tert-OH is 1. The number of benzene rings is 2. The second kappa shape index (κ2) is 11.7. The maximum absolute atomic E-state index is 13.4. The van der Waals surface area contributed by atoms with E-state index < -0.39 is 28.0 Å². The normalized spacial score (nSPS) is 18.8. The van der Waals surface area contributed by atoms with Crippen molar-refractivity contribution in [3.8, 4) is 17.1 Å². The number of sulfonamides is 1. The van der Waals surface area contributed by atoms with Gasteiger partial charge in [-0.2, -0.15) is 4.98 Å². The lowest BCUT2D eigenvalue weighted by atomic mass is 9.98. The van der Waals surface area contributed by atoms with E-state index in [1.54, 1.807) is 19.2 Å². The Morgan fingerprint density at radius 3 is 2.54 bits per heavy atom. The Bertz CT molecular complexity index is 1520. The molecule has 12 nitrogen and oxygen atoms in total. The molecule has 1 spiro atoms. The van der Waals surface area contributed by atoms with Gasteiger partial charge in [0.15, 0.2) is 12.1 Å². The van der Waals surface area contributed by atoms with Crippen LogP contribution < -0.4 is 20.1 Å². The van der Waals surface area contributed by atoms with Gasteiger partial charge in [-0.25, -0.2) is 18.1 Å². The fourth-order valence-corrected chi connectivity index (χ4v) is 6.12. The molecule has 1 fully saturated rings. The van der Waals surface area contributed by atoms with Crippen LogP contribution in [0.25, 0.3) is 11.3 Å². The Hall–Kier alpha value is -3.62. The lowest BCUT2D eigenvalue weighted by molar-refractivity contribution is -0.0857. The molecule has 4 N–H and O–H groups in total. The van der Waals surface area contributed by atoms with Crippen molar-refractivity contribution in [3.05, 3.63) is 65.2 Å². The van der Waals surface area contributed by atoms with Gasteiger partial charge in [-0.1, -0.05) is 24.3 Å². The summed E-state index contributed by atoms with van der Waals surface area (Å²) in [6.07, 6.45) is -0.243. The number of amides is 1. The predicted octanol–water partition coefficient (Wildman–Crippen LogP) is 1.99. The largest absolute Gasteiger partial charge is 0.451 e. The van der Waals surface area contributed by atoms with E-state index in [9.17, 15) is 18.3 Å². The molecule has 13 heteroatoms. The Balaban J connectivity index is 1.56. The first-order valence-corrected chi connectivity index (χ1v) is 14.8. The van der Waals surface area contributed by atoms with Gasteiger partial charge >= 0.3 is 0 Å². The number of piperidine rings is 1. The van der Waals surface area contributed by atoms with Gasteiger partial charge in [0.25, 0.3) is 15.9 Å². The number of ether oxygens (including phenoxy) is 2. The van der Waals surface area contributed by atoms with Crippen LogP contribution in [0.5, 0.6) is 5.88 Å². The first kappa shape index (κ1) is 28.9. The molecule has 4 bridgehead atoms. The summed E-state index contributed by atoms with van der Waals surface area (Å²) in [6.45, 7) is 5.62. The van der Waals surface area contributed by atoms with Crippen LogP contribution in [0.15, 0.2) is 53.4 Å². The van der Waals surface area contributed by atoms with Crippen molar-refractivity contribution < 1.29 is 27.8 Å². The fraction of sp³-hybridized carbons (Fsp3) is 0.393. The highest BCUT2D eigenvalue weighted by atomic mass is 32.2. The molecule has 2 aliphatic heterocycles. The number of aryl methyl sites for hydroxylation is 2. The molecule has 5 rings (SSSR count). The van der Waals surface area contributed by atoms with Crippen molar-refractivity contribution in [1.82, 2.24) is 25.5 Å². The van der Waals surface area contributed by atoms with Gasteiger partial charge in [0, 0.05) is 56.8 Å². The number of hydrogen-bond acceptors (Lipinski definition) is 10. The van der Waals surface area contributed by atoms with Crippen LogP contribution in [-0.4, -0.2) is 79.7 Å². The summed E-state index contributed by atoms with van der Waals surface area (Å²) in [5, 5.41) is 16.6. The van der Waals surface area contributed by atoms with E-state index in [4.69, 9.17) is 9.47 Å². The molecule has 218 valence electrons. The molecule has 1 saturated heterocycles. The molecule has 3 heterocycles. The predicted molar refractivity (Wildman–Crippen MR) is 152 cm³/mol. The summed E-state index contributed by atoms with van der Waals surface area (Å²) < 4.78 is 40.5. The molecule has 1 atom stereocenters. The number of nitrogens with one attached hydrogen (secondary N) is 3. The third-order valence-electron chi connectivity index (χ3n) is 7.30. The molecule has 0 radical (unpaired) electrons. The Morgan fingerprint density at radius 2 is 1.83 bits per heavy atom. The summed E-state index contributed by atoms with van der Waals surface area (Å²) in [6, 6.07) is 13.2. The zero-order valence-electron chi connectivity index (χ0n) is 23.2. The first-order valence-electron chi connectivity index (χ1n) is 13.3. The van der Waals surface area contributed by atoms with E-state index in [0.717, 1.165) is 16.7 Å². The average Bonchev–Trinajstić information content (AvgIpc) is 2.93. The van der Waals surface area contributed by atoms with Gasteiger partial charge in [-0.05, 0) is 43.2 Å². The minimum Gasteiger partial charge on any atom is -0.451 e. The average molecular weight is 583 g/mol. The molecular formula is C28H34N6O6S. The van der Waals surface area contributed by atoms with Crippen LogP contribution in [0.4, 0.5) is 5.95 Å². The molecule has 2 aliphatic rings. The number of rotatable bonds is 6. The summed E-state index contributed by atoms with van der Waals surface area (Å²) >= 11 is 0. The summed E-state index contributed by atoms with van der Waals surface area (Å²) in [4.78, 5) is 24.1. The Morgan fingerprint density at radius 1 is 1.12 bits per heavy atom. The number of aliphatic hydroxyl groups is 1. The van der Waals surface area contributed by atoms with E-state index in [1.807, 2.05) is 36.9 Å². The zero-order chi connectivity index (χ0) is 29.2. The molecule has 1 unspecified atom stereocenters. The maximum atomic E-state index is 13.4. The van der Waals surface area contributed by atoms with Gasteiger partial charge in [-0.15, -0.1) is 0 Å². The number of hydrogen-bond donors (Lipinski definition) is 4. The van der Waals surface area contributed by atoms with Gasteiger partial charge in [-0.3, -0.25) is 15.0 Å². The third kappa shape index (κ3) is 6.34. The van der Waals surface area contributed by atoms with E-state index in [-0.39, 0.29) is 22.3 Å². The molecule has 41 heavy (non-hydrogen) atoms. The number of methoxy groups -OCH3 is 1. The molecule has 0 saturated carbocycles. The Labute approximate surface area is 239 Å². The van der Waals surface area contributed by atoms with Crippen LogP contribution in [0, 0.1) is 13.8 Å². The lowest BCUT2D eigenvalue weighted by Crippen LogP contribution is -2.61. The number of aromatic nitrogens is 2. The van der Waals surface area contributed by atoms with Gasteiger partial charge < -0.3 is 19.9 Å². The first-order chi connectivity index (χ1) is 19.6. The van der Waals surface area contributed by atoms with Crippen molar-refractivity contribution in [1.29, 1.82) is 0 Å². The van der Waals surface area contributed by atoms with Gasteiger partial charge in [0.2, 0.25) is 11.8 Å². The highest BCUT2D eigenvalue weighted by Crippen LogP contribution is 2.33. The molecule has 3 aromatic rings. The smallest absolute Gasteiger partial charge is 0.264 e. The highest BCUT2D eigenvalue weighted by molar-refractivity contribution is 7.92. The lowest BCUT2D eigenvalue weighted by Gasteiger charge is -2.43. The van der Waals surface area contributed by atoms with Crippen molar-refractivity contribution >= 4 is 21.9 Å². The number of nitrogens with zero attached hydrogens (tertiary/aromatic N) is 3. The minimum atomic E-state index is -4.11. The number of carbonyl (C=O) groups excluding carboxylic acids is 1. The van der Waals surface area contributed by atoms with Crippen molar-refractivity contribution in [2.75, 3.05) is 38.1 Å². The molecule has 0 aliphatic carbocycles. The summed E-state index contributed by atoms with van der Waals surface area (Å²) in [7, 11) is -2.52. The second-order valence-electron chi connectivity index (χ2n) is 10.2. The number of likely N-dealkylation sites (tertiary alicyclic amines) is 1. The van der Waals surface area contributed by atoms with Crippen LogP contribution in [-0.2, 0) is 14.8 Å². The minimum absolute atomic E-state index is 0.0941. The molecular weight excluding hydrogens is 548 g/mol. The van der Waals surface area contributed by atoms with Crippen LogP contribution in [0.2, 0.25) is 0 Å². The Kier molecular flexibility index (Phi) is 8.25. The van der Waals surface area contributed by atoms with E-state index in [1.165, 1.54) is 18.2 Å². The van der Waals surface area contributed by atoms with Crippen molar-refractivity contribution in [2.45, 2.75) is 43.7 Å². The number of anilines is 1. The van der Waals surface area contributed by atoms with Crippen molar-refractivity contribution in [3.63, 3.8) is 0 Å². The molecule has 1 aromatic heterocycles. The summed E-state index contributed by atoms with van der Waals surface area (Å²) in [5.41, 5.74) is 2.18. The topological polar surface area (TPSA) is 155 Å². The third-order valence-corrected chi connectivity index (χ3v) is 8.62. The number of fused-ring (bicyclic) bond motifs is 4. The van der Waals surface area contributed by atoms with Gasteiger partial charge in [0.1, 0.15) is 0 Å². The second-order valence-corrected chi connectivity index (χ2v) is 11.9. The van der Waals surface area contributed by atoms with Crippen molar-refractivity contribution in [2.24, 2.45) is 0 Å². The zero-order valence-corrected chi connectivity index (χ0v) is 24.0. The van der Waals surface area contributed by atoms with Crippen LogP contribution >= 0.6 is 0 Å². The summed E-state index contributed by atoms with van der Waals surface area (Å²) in [5.74, 6) is -0.533. The molecule has 2 aromatic carbocycles. The fourth-order valence-electron chi connectivity index (χ4n) is 5.13.